The molecule has 0 aliphatic rings. The van der Waals surface area contributed by atoms with Crippen LogP contribution in [0.15, 0.2) is 29.1 Å². The van der Waals surface area contributed by atoms with Crippen LogP contribution in [0.2, 0.25) is 5.02 Å². The number of likely N-dealkylation sites (N-methyl/N-ethyl adjacent to an activating group) is 1. The van der Waals surface area contributed by atoms with Gasteiger partial charge in [0.1, 0.15) is 0 Å². The molecule has 0 amide bonds. The van der Waals surface area contributed by atoms with E-state index in [1.54, 1.807) is 11.3 Å². The first kappa shape index (κ1) is 12.6. The molecule has 0 saturated heterocycles. The molecule has 0 aliphatic carbocycles. The zero-order valence-electron chi connectivity index (χ0n) is 9.90. The average Bonchev–Trinajstić information content (AvgIpc) is 2.81. The van der Waals surface area contributed by atoms with Gasteiger partial charge in [-0.15, -0.1) is 11.3 Å². The van der Waals surface area contributed by atoms with Crippen LogP contribution in [0.5, 0.6) is 0 Å². The molecule has 1 N–H and O–H groups in total. The van der Waals surface area contributed by atoms with Crippen molar-refractivity contribution in [3.05, 3.63) is 50.9 Å². The topological polar surface area (TPSA) is 24.9 Å². The molecule has 0 radical (unpaired) electrons. The Morgan fingerprint density at radius 2 is 2.29 bits per heavy atom. The maximum atomic E-state index is 6.25. The van der Waals surface area contributed by atoms with E-state index in [9.17, 15) is 0 Å². The van der Waals surface area contributed by atoms with Gasteiger partial charge in [-0.25, -0.2) is 4.98 Å². The maximum absolute atomic E-state index is 6.25. The minimum atomic E-state index is 0.224. The fraction of sp³-hybridized carbons (Fsp3) is 0.308. The molecule has 1 aromatic carbocycles. The Balaban J connectivity index is 2.19. The smallest absolute Gasteiger partial charge is 0.0795 e. The Labute approximate surface area is 111 Å². The number of aromatic nitrogens is 1. The van der Waals surface area contributed by atoms with Crippen molar-refractivity contribution in [3.63, 3.8) is 0 Å². The molecule has 1 unspecified atom stereocenters. The predicted octanol–water partition coefficient (Wildman–Crippen LogP) is 3.61. The monoisotopic (exact) mass is 266 g/mol. The lowest BCUT2D eigenvalue weighted by Crippen LogP contribution is -2.19. The van der Waals surface area contributed by atoms with Crippen LogP contribution in [0.4, 0.5) is 0 Å². The van der Waals surface area contributed by atoms with Crippen molar-refractivity contribution in [2.24, 2.45) is 0 Å². The zero-order chi connectivity index (χ0) is 12.3. The Morgan fingerprint density at radius 1 is 1.47 bits per heavy atom. The molecule has 0 bridgehead atoms. The highest BCUT2D eigenvalue weighted by Gasteiger charge is 2.13. The van der Waals surface area contributed by atoms with E-state index in [0.29, 0.717) is 0 Å². The van der Waals surface area contributed by atoms with E-state index >= 15 is 0 Å². The second kappa shape index (κ2) is 5.63. The van der Waals surface area contributed by atoms with Crippen LogP contribution in [-0.2, 0) is 6.42 Å². The van der Waals surface area contributed by atoms with Gasteiger partial charge in [-0.3, -0.25) is 0 Å². The third-order valence-electron chi connectivity index (χ3n) is 2.79. The molecule has 1 atom stereocenters. The van der Waals surface area contributed by atoms with Gasteiger partial charge in [0.25, 0.3) is 0 Å². The fourth-order valence-electron chi connectivity index (χ4n) is 1.79. The summed E-state index contributed by atoms with van der Waals surface area (Å²) in [6.45, 7) is 2.05. The van der Waals surface area contributed by atoms with Crippen LogP contribution in [0, 0.1) is 6.92 Å². The number of hydrogen-bond acceptors (Lipinski definition) is 3. The largest absolute Gasteiger partial charge is 0.311 e. The molecule has 2 rings (SSSR count). The molecular formula is C13H15ClN2S. The molecule has 1 heterocycles. The predicted molar refractivity (Wildman–Crippen MR) is 73.8 cm³/mol. The fourth-order valence-corrected chi connectivity index (χ4v) is 2.71. The van der Waals surface area contributed by atoms with E-state index in [4.69, 9.17) is 11.6 Å². The van der Waals surface area contributed by atoms with Crippen molar-refractivity contribution in [3.8, 4) is 0 Å². The molecule has 17 heavy (non-hydrogen) atoms. The van der Waals surface area contributed by atoms with Crippen LogP contribution in [0.1, 0.15) is 22.9 Å². The maximum Gasteiger partial charge on any atom is 0.0795 e. The van der Waals surface area contributed by atoms with Gasteiger partial charge in [-0.1, -0.05) is 23.7 Å². The summed E-state index contributed by atoms with van der Waals surface area (Å²) in [5.41, 5.74) is 5.28. The summed E-state index contributed by atoms with van der Waals surface area (Å²) in [6.07, 6.45) is 0.860. The van der Waals surface area contributed by atoms with Gasteiger partial charge in [-0.05, 0) is 37.6 Å². The van der Waals surface area contributed by atoms with Crippen LogP contribution < -0.4 is 5.32 Å². The first-order chi connectivity index (χ1) is 8.20. The first-order valence-corrected chi connectivity index (χ1v) is 6.83. The second-order valence-corrected chi connectivity index (χ2v) is 5.18. The standard InChI is InChI=1S/C13H15ClN2S/c1-9-3-4-10(11(14)5-9)6-12(15-2)13-7-17-8-16-13/h3-5,7-8,12,15H,6H2,1-2H3. The summed E-state index contributed by atoms with van der Waals surface area (Å²) in [4.78, 5) is 4.34. The van der Waals surface area contributed by atoms with Crippen molar-refractivity contribution in [2.45, 2.75) is 19.4 Å². The highest BCUT2D eigenvalue weighted by atomic mass is 35.5. The van der Waals surface area contributed by atoms with E-state index in [1.807, 2.05) is 25.5 Å². The van der Waals surface area contributed by atoms with Gasteiger partial charge in [0.15, 0.2) is 0 Å². The molecule has 0 aliphatic heterocycles. The number of halogens is 1. The lowest BCUT2D eigenvalue weighted by atomic mass is 10.0. The third kappa shape index (κ3) is 3.06. The van der Waals surface area contributed by atoms with Gasteiger partial charge in [0.2, 0.25) is 0 Å². The number of thiazole rings is 1. The summed E-state index contributed by atoms with van der Waals surface area (Å²) in [6, 6.07) is 6.41. The number of nitrogens with zero attached hydrogens (tertiary/aromatic N) is 1. The van der Waals surface area contributed by atoms with Crippen LogP contribution in [-0.4, -0.2) is 12.0 Å². The zero-order valence-corrected chi connectivity index (χ0v) is 11.5. The second-order valence-electron chi connectivity index (χ2n) is 4.05. The summed E-state index contributed by atoms with van der Waals surface area (Å²) in [5.74, 6) is 0. The summed E-state index contributed by atoms with van der Waals surface area (Å²) in [5, 5.41) is 6.19. The number of aryl methyl sites for hydroxylation is 1. The van der Waals surface area contributed by atoms with Gasteiger partial charge in [-0.2, -0.15) is 0 Å². The minimum Gasteiger partial charge on any atom is -0.311 e. The van der Waals surface area contributed by atoms with Gasteiger partial charge < -0.3 is 5.32 Å². The summed E-state index contributed by atoms with van der Waals surface area (Å²) >= 11 is 7.86. The van der Waals surface area contributed by atoms with Crippen LogP contribution in [0.3, 0.4) is 0 Å². The molecule has 0 fully saturated rings. The molecule has 1 aromatic heterocycles. The Bertz CT molecular complexity index is 482. The highest BCUT2D eigenvalue weighted by Crippen LogP contribution is 2.24. The van der Waals surface area contributed by atoms with Crippen molar-refractivity contribution >= 4 is 22.9 Å². The number of benzene rings is 1. The van der Waals surface area contributed by atoms with Crippen LogP contribution >= 0.6 is 22.9 Å². The number of nitrogens with one attached hydrogen (secondary N) is 1. The Morgan fingerprint density at radius 3 is 2.88 bits per heavy atom. The lowest BCUT2D eigenvalue weighted by Gasteiger charge is -2.15. The molecule has 4 heteroatoms. The van der Waals surface area contributed by atoms with E-state index in [2.05, 4.69) is 27.8 Å². The van der Waals surface area contributed by atoms with Crippen molar-refractivity contribution in [1.29, 1.82) is 0 Å². The average molecular weight is 267 g/mol. The molecule has 0 spiro atoms. The van der Waals surface area contributed by atoms with Crippen molar-refractivity contribution in [1.82, 2.24) is 10.3 Å². The normalized spacial score (nSPS) is 12.6. The number of hydrogen-bond donors (Lipinski definition) is 1. The van der Waals surface area contributed by atoms with Gasteiger partial charge >= 0.3 is 0 Å². The summed E-state index contributed by atoms with van der Waals surface area (Å²) < 4.78 is 0. The summed E-state index contributed by atoms with van der Waals surface area (Å²) in [7, 11) is 1.95. The van der Waals surface area contributed by atoms with E-state index in [-0.39, 0.29) is 6.04 Å². The van der Waals surface area contributed by atoms with Crippen molar-refractivity contribution in [2.75, 3.05) is 7.05 Å². The SMILES string of the molecule is CNC(Cc1ccc(C)cc1Cl)c1cscn1. The number of rotatable bonds is 4. The van der Waals surface area contributed by atoms with E-state index < -0.39 is 0 Å². The molecule has 90 valence electrons. The molecule has 0 saturated carbocycles. The van der Waals surface area contributed by atoms with Crippen molar-refractivity contribution < 1.29 is 0 Å². The first-order valence-electron chi connectivity index (χ1n) is 5.51. The van der Waals surface area contributed by atoms with E-state index in [0.717, 1.165) is 22.7 Å². The lowest BCUT2D eigenvalue weighted by molar-refractivity contribution is 0.579. The third-order valence-corrected chi connectivity index (χ3v) is 3.75. The Hall–Kier alpha value is -0.900. The van der Waals surface area contributed by atoms with Gasteiger partial charge in [0.05, 0.1) is 17.2 Å². The van der Waals surface area contributed by atoms with E-state index in [1.165, 1.54) is 5.56 Å². The minimum absolute atomic E-state index is 0.224. The quantitative estimate of drug-likeness (QED) is 0.915. The highest BCUT2D eigenvalue weighted by molar-refractivity contribution is 7.07. The Kier molecular flexibility index (Phi) is 4.15. The van der Waals surface area contributed by atoms with Gasteiger partial charge in [0, 0.05) is 10.4 Å². The molecule has 2 aromatic rings. The molecule has 2 nitrogen and oxygen atoms in total. The van der Waals surface area contributed by atoms with Crippen LogP contribution in [0.25, 0.3) is 0 Å². The molecular weight excluding hydrogens is 252 g/mol.